The molecule has 2 atom stereocenters. The summed E-state index contributed by atoms with van der Waals surface area (Å²) in [7, 11) is -3.34. The van der Waals surface area contributed by atoms with Gasteiger partial charge in [0.05, 0.1) is 24.1 Å². The Kier molecular flexibility index (Phi) is 13.6. The molecule has 0 aliphatic heterocycles. The number of carboxylic acids is 1. The van der Waals surface area contributed by atoms with Crippen molar-refractivity contribution < 1.29 is 33.3 Å². The molecule has 0 fully saturated rings. The van der Waals surface area contributed by atoms with Crippen molar-refractivity contribution in [2.24, 2.45) is 5.73 Å². The first-order valence-corrected chi connectivity index (χ1v) is 9.79. The van der Waals surface area contributed by atoms with Gasteiger partial charge in [0.15, 0.2) is 14.7 Å². The molecule has 0 saturated carbocycles. The Labute approximate surface area is 172 Å². The maximum atomic E-state index is 11.4. The van der Waals surface area contributed by atoms with Crippen LogP contribution in [0.1, 0.15) is 11.7 Å². The van der Waals surface area contributed by atoms with Crippen molar-refractivity contribution in [3.8, 4) is 0 Å². The number of rotatable bonds is 7. The minimum absolute atomic E-state index is 0. The van der Waals surface area contributed by atoms with Gasteiger partial charge in [-0.1, -0.05) is 35.3 Å². The average molecular weight is 468 g/mol. The lowest BCUT2D eigenvalue weighted by Gasteiger charge is -2.23. The van der Waals surface area contributed by atoms with Gasteiger partial charge in [-0.05, 0) is 17.7 Å². The molecule has 0 heterocycles. The van der Waals surface area contributed by atoms with Crippen LogP contribution in [0.2, 0.25) is 0 Å². The number of carbonyl (C=O) groups is 2. The molecule has 1 aromatic rings. The molecule has 9 nitrogen and oxygen atoms in total. The third kappa shape index (κ3) is 10.7. The van der Waals surface area contributed by atoms with E-state index >= 15 is 0 Å². The molecule has 0 radical (unpaired) electrons. The number of carbonyl (C=O) groups excluding carboxylic acids is 1. The maximum absolute atomic E-state index is 11.4. The number of benzene rings is 1. The van der Waals surface area contributed by atoms with Gasteiger partial charge >= 0.3 is 5.97 Å². The number of hydrogen-bond acceptors (Lipinski definition) is 7. The quantitative estimate of drug-likeness (QED) is 0.345. The van der Waals surface area contributed by atoms with Crippen molar-refractivity contribution in [3.05, 3.63) is 29.8 Å². The summed E-state index contributed by atoms with van der Waals surface area (Å²) in [6, 6.07) is 4.44. The third-order valence-corrected chi connectivity index (χ3v) is 4.45. The number of amides is 1. The lowest BCUT2D eigenvalue weighted by molar-refractivity contribution is -0.135. The predicted octanol–water partition coefficient (Wildman–Crippen LogP) is -0.144. The summed E-state index contributed by atoms with van der Waals surface area (Å²) in [4.78, 5) is 19.4. The fourth-order valence-corrected chi connectivity index (χ4v) is 2.37. The average Bonchev–Trinajstić information content (AvgIpc) is 2.58. The van der Waals surface area contributed by atoms with Gasteiger partial charge in [-0.15, -0.1) is 12.4 Å². The second-order valence-electron chi connectivity index (χ2n) is 4.98. The summed E-state index contributed by atoms with van der Waals surface area (Å²) in [6.07, 6.45) is -0.171. The number of alkyl halides is 2. The molecule has 6 N–H and O–H groups in total. The van der Waals surface area contributed by atoms with Crippen LogP contribution in [0.15, 0.2) is 29.2 Å². The van der Waals surface area contributed by atoms with Crippen LogP contribution in [0.3, 0.4) is 0 Å². The molecule has 0 spiro atoms. The number of aliphatic carboxylic acids is 1. The van der Waals surface area contributed by atoms with Gasteiger partial charge in [0.2, 0.25) is 0 Å². The van der Waals surface area contributed by atoms with E-state index in [-0.39, 0.29) is 23.8 Å². The summed E-state index contributed by atoms with van der Waals surface area (Å²) < 4.78 is 22.7. The summed E-state index contributed by atoms with van der Waals surface area (Å²) in [5, 5.41) is 29.2. The molecule has 0 unspecified atom stereocenters. The van der Waals surface area contributed by atoms with Crippen LogP contribution in [0.25, 0.3) is 0 Å². The monoisotopic (exact) mass is 466 g/mol. The van der Waals surface area contributed by atoms with Crippen molar-refractivity contribution >= 4 is 57.3 Å². The van der Waals surface area contributed by atoms with Gasteiger partial charge in [-0.2, -0.15) is 0 Å². The Morgan fingerprint density at radius 2 is 1.67 bits per heavy atom. The topological polar surface area (TPSA) is 167 Å². The largest absolute Gasteiger partial charge is 0.480 e. The highest BCUT2D eigenvalue weighted by atomic mass is 35.5. The van der Waals surface area contributed by atoms with E-state index in [0.717, 1.165) is 6.26 Å². The Hall–Kier alpha value is -1.14. The highest BCUT2D eigenvalue weighted by molar-refractivity contribution is 7.90. The predicted molar refractivity (Wildman–Crippen MR) is 103 cm³/mol. The molecule has 0 aliphatic carbocycles. The number of nitrogens with two attached hydrogens (primary N) is 1. The molecule has 0 bridgehead atoms. The first-order valence-electron chi connectivity index (χ1n) is 7.03. The van der Waals surface area contributed by atoms with Crippen LogP contribution in [-0.2, 0) is 19.4 Å². The fourth-order valence-electron chi connectivity index (χ4n) is 1.61. The van der Waals surface area contributed by atoms with Gasteiger partial charge in [0, 0.05) is 6.26 Å². The van der Waals surface area contributed by atoms with Crippen LogP contribution < -0.4 is 11.1 Å². The SMILES string of the molecule is CS(=O)(=O)c1ccc([C@@H](O)[C@@H](CO)NC(=O)C(Cl)Cl)cc1.Cl.NCC(=O)O. The van der Waals surface area contributed by atoms with Gasteiger partial charge in [0.25, 0.3) is 5.91 Å². The Morgan fingerprint density at radius 3 is 1.96 bits per heavy atom. The number of hydrogen-bond donors (Lipinski definition) is 5. The summed E-state index contributed by atoms with van der Waals surface area (Å²) in [6.45, 7) is -0.818. The highest BCUT2D eigenvalue weighted by Gasteiger charge is 2.24. The highest BCUT2D eigenvalue weighted by Crippen LogP contribution is 2.20. The van der Waals surface area contributed by atoms with Crippen LogP contribution >= 0.6 is 35.6 Å². The van der Waals surface area contributed by atoms with Gasteiger partial charge in [0.1, 0.15) is 6.10 Å². The maximum Gasteiger partial charge on any atom is 0.317 e. The van der Waals surface area contributed by atoms with Crippen molar-refractivity contribution in [1.82, 2.24) is 5.32 Å². The Bertz CT molecular complexity index is 699. The Balaban J connectivity index is 0. The van der Waals surface area contributed by atoms with E-state index in [1.165, 1.54) is 24.3 Å². The molecule has 27 heavy (non-hydrogen) atoms. The van der Waals surface area contributed by atoms with Gasteiger partial charge in [-0.25, -0.2) is 8.42 Å². The molecule has 1 rings (SSSR count). The zero-order valence-electron chi connectivity index (χ0n) is 14.1. The number of carboxylic acid groups (broad SMARTS) is 1. The van der Waals surface area contributed by atoms with Crippen molar-refractivity contribution in [3.63, 3.8) is 0 Å². The zero-order chi connectivity index (χ0) is 20.5. The lowest BCUT2D eigenvalue weighted by Crippen LogP contribution is -2.44. The summed E-state index contributed by atoms with van der Waals surface area (Å²) >= 11 is 10.7. The summed E-state index contributed by atoms with van der Waals surface area (Å²) in [5.41, 5.74) is 4.91. The first-order chi connectivity index (χ1) is 11.9. The molecule has 1 amide bonds. The second kappa shape index (κ2) is 13.1. The fraction of sp³-hybridized carbons (Fsp3) is 0.429. The third-order valence-electron chi connectivity index (χ3n) is 2.93. The number of nitrogens with one attached hydrogen (secondary N) is 1. The van der Waals surface area contributed by atoms with Crippen molar-refractivity contribution in [2.45, 2.75) is 21.9 Å². The minimum Gasteiger partial charge on any atom is -0.480 e. The zero-order valence-corrected chi connectivity index (χ0v) is 17.2. The molecule has 0 aliphatic rings. The van der Waals surface area contributed by atoms with Crippen LogP contribution in [0.5, 0.6) is 0 Å². The van der Waals surface area contributed by atoms with Crippen LogP contribution in [0, 0.1) is 0 Å². The van der Waals surface area contributed by atoms with Crippen molar-refractivity contribution in [1.29, 1.82) is 0 Å². The lowest BCUT2D eigenvalue weighted by atomic mass is 10.0. The van der Waals surface area contributed by atoms with E-state index in [2.05, 4.69) is 11.1 Å². The summed E-state index contributed by atoms with van der Waals surface area (Å²) in [5.74, 6) is -1.71. The number of aliphatic hydroxyl groups excluding tert-OH is 2. The molecule has 156 valence electrons. The molecule has 1 aromatic carbocycles. The van der Waals surface area contributed by atoms with E-state index in [4.69, 9.17) is 28.3 Å². The van der Waals surface area contributed by atoms with Crippen molar-refractivity contribution in [2.75, 3.05) is 19.4 Å². The smallest absolute Gasteiger partial charge is 0.317 e. The number of aliphatic hydroxyl groups is 2. The molecule has 13 heteroatoms. The van der Waals surface area contributed by atoms with Crippen LogP contribution in [0.4, 0.5) is 0 Å². The Morgan fingerprint density at radius 1 is 1.22 bits per heavy atom. The normalized spacial score (nSPS) is 12.9. The van der Waals surface area contributed by atoms with E-state index in [1.54, 1.807) is 0 Å². The van der Waals surface area contributed by atoms with E-state index < -0.39 is 45.3 Å². The standard InChI is InChI=1S/C12H15Cl2NO5S.C2H5NO2.ClH/c1-21(19,20)8-4-2-7(3-5-8)10(17)9(6-16)15-12(18)11(13)14;3-1-2(4)5;/h2-5,9-11,16-17H,6H2,1H3,(H,15,18);1,3H2,(H,4,5);1H/t9-,10-;;/m1../s1. The second-order valence-corrected chi connectivity index (χ2v) is 8.09. The molecular weight excluding hydrogens is 447 g/mol. The van der Waals surface area contributed by atoms with E-state index in [1.807, 2.05) is 0 Å². The number of sulfone groups is 1. The van der Waals surface area contributed by atoms with Gasteiger partial charge < -0.3 is 26.4 Å². The molecule has 0 saturated heterocycles. The minimum atomic E-state index is -3.34. The molecular formula is C14H21Cl3N2O7S. The van der Waals surface area contributed by atoms with Crippen LogP contribution in [-0.4, -0.2) is 65.9 Å². The van der Waals surface area contributed by atoms with E-state index in [0.29, 0.717) is 5.56 Å². The van der Waals surface area contributed by atoms with E-state index in [9.17, 15) is 28.2 Å². The number of halogens is 3. The first kappa shape index (κ1) is 28.1. The molecule has 0 aromatic heterocycles. The van der Waals surface area contributed by atoms with Gasteiger partial charge in [-0.3, -0.25) is 9.59 Å².